The van der Waals surface area contributed by atoms with Crippen molar-refractivity contribution in [2.75, 3.05) is 7.11 Å². The highest BCUT2D eigenvalue weighted by atomic mass is 19.2. The lowest BCUT2D eigenvalue weighted by Crippen LogP contribution is -2.25. The third-order valence-corrected chi connectivity index (χ3v) is 1.68. The maximum atomic E-state index is 13.1. The maximum Gasteiger partial charge on any atom is 0.374 e. The van der Waals surface area contributed by atoms with Crippen molar-refractivity contribution in [1.29, 1.82) is 0 Å². The number of hydrogen-bond donors (Lipinski definition) is 0. The van der Waals surface area contributed by atoms with Crippen molar-refractivity contribution in [2.45, 2.75) is 25.8 Å². The molecule has 0 amide bonds. The predicted octanol–water partition coefficient (Wildman–Crippen LogP) is 0.880. The number of carbonyl (C=O) groups excluding carboxylic acids is 1. The molecule has 1 fully saturated rings. The van der Waals surface area contributed by atoms with Crippen LogP contribution >= 0.6 is 0 Å². The Bertz CT molecular complexity index is 181. The van der Waals surface area contributed by atoms with Crippen LogP contribution in [0.25, 0.3) is 0 Å². The van der Waals surface area contributed by atoms with E-state index in [4.69, 9.17) is 0 Å². The van der Waals surface area contributed by atoms with Crippen molar-refractivity contribution >= 4 is 5.97 Å². The summed E-state index contributed by atoms with van der Waals surface area (Å²) in [5.41, 5.74) is 0. The molecular formula is C7H11FO3. The van der Waals surface area contributed by atoms with E-state index in [2.05, 4.69) is 9.47 Å². The molecule has 1 saturated heterocycles. The van der Waals surface area contributed by atoms with E-state index in [9.17, 15) is 9.18 Å². The third-order valence-electron chi connectivity index (χ3n) is 1.68. The monoisotopic (exact) mass is 162 g/mol. The van der Waals surface area contributed by atoms with Gasteiger partial charge in [-0.05, 0) is 5.92 Å². The van der Waals surface area contributed by atoms with Crippen molar-refractivity contribution in [3.05, 3.63) is 0 Å². The number of rotatable bonds is 2. The molecule has 0 radical (unpaired) electrons. The quantitative estimate of drug-likeness (QED) is 0.447. The molecule has 0 aromatic heterocycles. The molecule has 4 heteroatoms. The van der Waals surface area contributed by atoms with Crippen molar-refractivity contribution in [3.8, 4) is 0 Å². The number of carbonyl (C=O) groups is 1. The molecule has 3 nitrogen and oxygen atoms in total. The molecule has 64 valence electrons. The molecular weight excluding hydrogens is 151 g/mol. The lowest BCUT2D eigenvalue weighted by Gasteiger charge is -2.00. The summed E-state index contributed by atoms with van der Waals surface area (Å²) in [6.07, 6.45) is -0.630. The van der Waals surface area contributed by atoms with Crippen LogP contribution in [0.3, 0.4) is 0 Å². The van der Waals surface area contributed by atoms with Gasteiger partial charge < -0.3 is 9.47 Å². The molecule has 1 aliphatic heterocycles. The van der Waals surface area contributed by atoms with Gasteiger partial charge in [0, 0.05) is 0 Å². The number of alkyl halides is 1. The first kappa shape index (κ1) is 8.46. The first-order valence-electron chi connectivity index (χ1n) is 3.47. The Morgan fingerprint density at radius 1 is 1.73 bits per heavy atom. The molecule has 0 bridgehead atoms. The highest BCUT2D eigenvalue weighted by Gasteiger charge is 2.66. The zero-order valence-electron chi connectivity index (χ0n) is 6.76. The molecule has 1 aliphatic rings. The van der Waals surface area contributed by atoms with Gasteiger partial charge in [-0.3, -0.25) is 0 Å². The summed E-state index contributed by atoms with van der Waals surface area (Å²) in [5, 5.41) is 0. The molecule has 0 unspecified atom stereocenters. The fraction of sp³-hybridized carbons (Fsp3) is 0.857. The summed E-state index contributed by atoms with van der Waals surface area (Å²) in [7, 11) is 1.14. The molecule has 0 N–H and O–H groups in total. The summed E-state index contributed by atoms with van der Waals surface area (Å²) in [6, 6.07) is 0. The van der Waals surface area contributed by atoms with Crippen molar-refractivity contribution < 1.29 is 18.7 Å². The van der Waals surface area contributed by atoms with Crippen LogP contribution in [0.4, 0.5) is 4.39 Å². The molecule has 0 aromatic carbocycles. The number of hydrogen-bond acceptors (Lipinski definition) is 3. The summed E-state index contributed by atoms with van der Waals surface area (Å²) >= 11 is 0. The first-order chi connectivity index (χ1) is 5.02. The van der Waals surface area contributed by atoms with Gasteiger partial charge >= 0.3 is 11.8 Å². The molecule has 0 aliphatic carbocycles. The van der Waals surface area contributed by atoms with Crippen LogP contribution in [0.1, 0.15) is 13.8 Å². The van der Waals surface area contributed by atoms with E-state index in [1.165, 1.54) is 0 Å². The Balaban J connectivity index is 2.55. The number of methoxy groups -OCH3 is 1. The Labute approximate surface area is 64.5 Å². The molecule has 11 heavy (non-hydrogen) atoms. The average Bonchev–Trinajstić information content (AvgIpc) is 2.62. The fourth-order valence-electron chi connectivity index (χ4n) is 1.02. The van der Waals surface area contributed by atoms with Crippen LogP contribution in [-0.2, 0) is 14.3 Å². The van der Waals surface area contributed by atoms with Crippen LogP contribution in [0.15, 0.2) is 0 Å². The summed E-state index contributed by atoms with van der Waals surface area (Å²) in [4.78, 5) is 10.7. The van der Waals surface area contributed by atoms with E-state index in [-0.39, 0.29) is 5.92 Å². The van der Waals surface area contributed by atoms with Gasteiger partial charge in [0.2, 0.25) is 0 Å². The van der Waals surface area contributed by atoms with E-state index in [1.807, 2.05) is 0 Å². The highest BCUT2D eigenvalue weighted by molar-refractivity contribution is 5.81. The average molecular weight is 162 g/mol. The Morgan fingerprint density at radius 2 is 2.27 bits per heavy atom. The Morgan fingerprint density at radius 3 is 2.55 bits per heavy atom. The zero-order chi connectivity index (χ0) is 8.65. The van der Waals surface area contributed by atoms with E-state index in [0.717, 1.165) is 7.11 Å². The van der Waals surface area contributed by atoms with E-state index < -0.39 is 17.9 Å². The van der Waals surface area contributed by atoms with Gasteiger partial charge in [0.15, 0.2) is 0 Å². The lowest BCUT2D eigenvalue weighted by molar-refractivity contribution is -0.154. The minimum absolute atomic E-state index is 0.000833. The van der Waals surface area contributed by atoms with Crippen molar-refractivity contribution in [2.24, 2.45) is 5.92 Å². The third kappa shape index (κ3) is 1.22. The van der Waals surface area contributed by atoms with E-state index in [1.54, 1.807) is 13.8 Å². The normalized spacial score (nSPS) is 35.5. The minimum atomic E-state index is -2.16. The molecule has 1 heterocycles. The molecule has 0 saturated carbocycles. The highest BCUT2D eigenvalue weighted by Crippen LogP contribution is 2.43. The summed E-state index contributed by atoms with van der Waals surface area (Å²) in [6.45, 7) is 3.57. The number of epoxide rings is 1. The second kappa shape index (κ2) is 2.44. The van der Waals surface area contributed by atoms with Crippen LogP contribution < -0.4 is 0 Å². The van der Waals surface area contributed by atoms with E-state index >= 15 is 0 Å². The van der Waals surface area contributed by atoms with Gasteiger partial charge in [0.1, 0.15) is 6.10 Å². The maximum absolute atomic E-state index is 13.1. The Hall–Kier alpha value is -0.640. The van der Waals surface area contributed by atoms with Crippen LogP contribution in [0.5, 0.6) is 0 Å². The summed E-state index contributed by atoms with van der Waals surface area (Å²) < 4.78 is 21.9. The zero-order valence-corrected chi connectivity index (χ0v) is 6.76. The molecule has 2 atom stereocenters. The van der Waals surface area contributed by atoms with Crippen LogP contribution in [0, 0.1) is 5.92 Å². The molecule has 1 rings (SSSR count). The van der Waals surface area contributed by atoms with Gasteiger partial charge in [-0.1, -0.05) is 13.8 Å². The first-order valence-corrected chi connectivity index (χ1v) is 3.47. The van der Waals surface area contributed by atoms with Gasteiger partial charge in [0.05, 0.1) is 7.11 Å². The number of ether oxygens (including phenoxy) is 2. The van der Waals surface area contributed by atoms with Crippen molar-refractivity contribution in [1.82, 2.24) is 0 Å². The SMILES string of the molecule is COC(=O)[C@]1(F)O[C@H]1C(C)C. The smallest absolute Gasteiger partial charge is 0.374 e. The van der Waals surface area contributed by atoms with Gasteiger partial charge in [-0.2, -0.15) is 4.39 Å². The van der Waals surface area contributed by atoms with Gasteiger partial charge in [-0.15, -0.1) is 0 Å². The van der Waals surface area contributed by atoms with Gasteiger partial charge in [0.25, 0.3) is 0 Å². The Kier molecular flexibility index (Phi) is 1.88. The topological polar surface area (TPSA) is 38.8 Å². The number of esters is 1. The van der Waals surface area contributed by atoms with Gasteiger partial charge in [-0.25, -0.2) is 4.79 Å². The lowest BCUT2D eigenvalue weighted by atomic mass is 10.1. The largest absolute Gasteiger partial charge is 0.465 e. The second-order valence-electron chi connectivity index (χ2n) is 2.92. The standard InChI is InChI=1S/C7H11FO3/c1-4(2)5-7(8,11-5)6(9)10-3/h4-5H,1-3H3/t5-,7+/m0/s1. The van der Waals surface area contributed by atoms with E-state index in [0.29, 0.717) is 0 Å². The summed E-state index contributed by atoms with van der Waals surface area (Å²) in [5.74, 6) is -3.10. The minimum Gasteiger partial charge on any atom is -0.465 e. The molecule has 0 spiro atoms. The number of halogens is 1. The fourth-order valence-corrected chi connectivity index (χ4v) is 1.02. The van der Waals surface area contributed by atoms with Crippen LogP contribution in [0.2, 0.25) is 0 Å². The second-order valence-corrected chi connectivity index (χ2v) is 2.92. The van der Waals surface area contributed by atoms with Crippen LogP contribution in [-0.4, -0.2) is 25.0 Å². The van der Waals surface area contributed by atoms with Crippen molar-refractivity contribution in [3.63, 3.8) is 0 Å². The predicted molar refractivity (Wildman–Crippen MR) is 35.6 cm³/mol. The molecule has 0 aromatic rings.